The van der Waals surface area contributed by atoms with Gasteiger partial charge in [0, 0.05) is 23.1 Å². The molecule has 0 spiro atoms. The predicted octanol–water partition coefficient (Wildman–Crippen LogP) is 3.76. The number of non-ortho nitro benzene ring substituents is 1. The minimum atomic E-state index is -0.426. The minimum Gasteiger partial charge on any atom is -0.261 e. The van der Waals surface area contributed by atoms with Crippen LogP contribution in [-0.4, -0.2) is 17.0 Å². The third-order valence-electron chi connectivity index (χ3n) is 3.86. The van der Waals surface area contributed by atoms with E-state index in [0.717, 1.165) is 27.6 Å². The Balaban J connectivity index is 1.55. The summed E-state index contributed by atoms with van der Waals surface area (Å²) in [6, 6.07) is 18.3. The van der Waals surface area contributed by atoms with Crippen LogP contribution in [0.1, 0.15) is 11.1 Å². The number of hydrogen-bond acceptors (Lipinski definition) is 5. The second-order valence-electron chi connectivity index (χ2n) is 5.36. The van der Waals surface area contributed by atoms with Crippen molar-refractivity contribution in [2.75, 3.05) is 0 Å². The fraction of sp³-hybridized carbons (Fsp3) is 0. The van der Waals surface area contributed by atoms with Crippen LogP contribution in [0.2, 0.25) is 0 Å². The molecule has 0 aliphatic carbocycles. The molecule has 1 aliphatic rings. The van der Waals surface area contributed by atoms with Crippen LogP contribution in [0.5, 0.6) is 0 Å². The molecule has 0 aromatic heterocycles. The van der Waals surface area contributed by atoms with Gasteiger partial charge in [-0.15, -0.1) is 0 Å². The lowest BCUT2D eigenvalue weighted by Crippen LogP contribution is -2.17. The van der Waals surface area contributed by atoms with Gasteiger partial charge in [0.15, 0.2) is 5.84 Å². The van der Waals surface area contributed by atoms with Crippen molar-refractivity contribution < 1.29 is 4.92 Å². The number of nitro groups is 1. The third kappa shape index (κ3) is 2.40. The molecule has 0 saturated carbocycles. The highest BCUT2D eigenvalue weighted by atomic mass is 16.6. The van der Waals surface area contributed by atoms with E-state index < -0.39 is 4.92 Å². The zero-order valence-corrected chi connectivity index (χ0v) is 12.5. The number of nitro benzene ring substituents is 1. The molecule has 1 aliphatic heterocycles. The van der Waals surface area contributed by atoms with Crippen LogP contribution < -0.4 is 5.43 Å². The predicted molar refractivity (Wildman–Crippen MR) is 94.0 cm³/mol. The molecule has 0 unspecified atom stereocenters. The van der Waals surface area contributed by atoms with Gasteiger partial charge >= 0.3 is 0 Å². The largest absolute Gasteiger partial charge is 0.269 e. The Hall–Kier alpha value is -3.54. The first-order chi connectivity index (χ1) is 11.7. The molecule has 0 fully saturated rings. The maximum atomic E-state index is 10.6. The second kappa shape index (κ2) is 5.58. The van der Waals surface area contributed by atoms with E-state index in [1.54, 1.807) is 18.3 Å². The van der Waals surface area contributed by atoms with Crippen LogP contribution in [0.15, 0.2) is 70.8 Å². The van der Waals surface area contributed by atoms with Crippen LogP contribution in [0.3, 0.4) is 0 Å². The first-order valence-corrected chi connectivity index (χ1v) is 7.37. The Morgan fingerprint density at radius 2 is 1.79 bits per heavy atom. The smallest absolute Gasteiger partial charge is 0.261 e. The number of amidine groups is 1. The Labute approximate surface area is 137 Å². The maximum Gasteiger partial charge on any atom is 0.269 e. The normalized spacial score (nSPS) is 12.6. The molecule has 0 bridgehead atoms. The lowest BCUT2D eigenvalue weighted by atomic mass is 10.0. The maximum absolute atomic E-state index is 10.6. The van der Waals surface area contributed by atoms with Gasteiger partial charge in [-0.3, -0.25) is 15.5 Å². The minimum absolute atomic E-state index is 0.0578. The Kier molecular flexibility index (Phi) is 3.28. The van der Waals surface area contributed by atoms with Crippen LogP contribution >= 0.6 is 0 Å². The number of rotatable bonds is 3. The standard InChI is InChI=1S/C18H12N4O2/c23-22(24)14-9-7-12(8-10-14)11-19-21-18-15-5-1-3-13-4-2-6-16(20-18)17(13)15/h1-11H,(H,20,21)/b19-11-. The quantitative estimate of drug-likeness (QED) is 0.454. The lowest BCUT2D eigenvalue weighted by molar-refractivity contribution is -0.384. The molecule has 1 N–H and O–H groups in total. The molecule has 0 radical (unpaired) electrons. The van der Waals surface area contributed by atoms with E-state index in [-0.39, 0.29) is 5.69 Å². The summed E-state index contributed by atoms with van der Waals surface area (Å²) in [4.78, 5) is 14.8. The molecule has 24 heavy (non-hydrogen) atoms. The second-order valence-corrected chi connectivity index (χ2v) is 5.36. The highest BCUT2D eigenvalue weighted by molar-refractivity contribution is 6.18. The van der Waals surface area contributed by atoms with Gasteiger partial charge in [0.25, 0.3) is 5.69 Å². The Bertz CT molecular complexity index is 1000. The average Bonchev–Trinajstić information content (AvgIpc) is 2.96. The SMILES string of the molecule is O=[N+]([O-])c1ccc(/C=N\NC2=Nc3cccc4cccc2c34)cc1. The van der Waals surface area contributed by atoms with Gasteiger partial charge in [0.05, 0.1) is 16.8 Å². The van der Waals surface area contributed by atoms with Crippen molar-refractivity contribution >= 4 is 34.2 Å². The molecule has 0 amide bonds. The summed E-state index contributed by atoms with van der Waals surface area (Å²) in [6.45, 7) is 0. The van der Waals surface area contributed by atoms with Gasteiger partial charge in [0.1, 0.15) is 0 Å². The van der Waals surface area contributed by atoms with Crippen molar-refractivity contribution in [1.29, 1.82) is 0 Å². The summed E-state index contributed by atoms with van der Waals surface area (Å²) in [5, 5.41) is 17.1. The van der Waals surface area contributed by atoms with Gasteiger partial charge < -0.3 is 0 Å². The first kappa shape index (κ1) is 14.1. The van der Waals surface area contributed by atoms with E-state index in [9.17, 15) is 10.1 Å². The zero-order valence-electron chi connectivity index (χ0n) is 12.5. The van der Waals surface area contributed by atoms with E-state index in [4.69, 9.17) is 0 Å². The van der Waals surface area contributed by atoms with Crippen LogP contribution in [-0.2, 0) is 0 Å². The fourth-order valence-electron chi connectivity index (χ4n) is 2.73. The zero-order chi connectivity index (χ0) is 16.5. The summed E-state index contributed by atoms with van der Waals surface area (Å²) in [5.41, 5.74) is 5.73. The van der Waals surface area contributed by atoms with Crippen molar-refractivity contribution in [2.45, 2.75) is 0 Å². The molecule has 0 atom stereocenters. The van der Waals surface area contributed by atoms with Crippen LogP contribution in [0.4, 0.5) is 11.4 Å². The third-order valence-corrected chi connectivity index (χ3v) is 3.86. The number of hydrazone groups is 1. The molecule has 3 aromatic rings. The number of benzene rings is 3. The number of hydrogen-bond donors (Lipinski definition) is 1. The lowest BCUT2D eigenvalue weighted by Gasteiger charge is -2.02. The van der Waals surface area contributed by atoms with Gasteiger partial charge in [-0.25, -0.2) is 4.99 Å². The summed E-state index contributed by atoms with van der Waals surface area (Å²) in [5.74, 6) is 0.694. The topological polar surface area (TPSA) is 79.9 Å². The number of nitrogens with zero attached hydrogens (tertiary/aromatic N) is 3. The summed E-state index contributed by atoms with van der Waals surface area (Å²) in [6.07, 6.45) is 1.61. The molecule has 3 aromatic carbocycles. The molecule has 6 heteroatoms. The number of nitrogens with one attached hydrogen (secondary N) is 1. The van der Waals surface area contributed by atoms with Crippen molar-refractivity contribution in [1.82, 2.24) is 5.43 Å². The molecule has 6 nitrogen and oxygen atoms in total. The molecule has 0 saturated heterocycles. The van der Waals surface area contributed by atoms with Gasteiger partial charge in [0.2, 0.25) is 0 Å². The van der Waals surface area contributed by atoms with Crippen molar-refractivity contribution in [3.63, 3.8) is 0 Å². The molecule has 116 valence electrons. The molecule has 1 heterocycles. The summed E-state index contributed by atoms with van der Waals surface area (Å²) >= 11 is 0. The monoisotopic (exact) mass is 316 g/mol. The average molecular weight is 316 g/mol. The van der Waals surface area contributed by atoms with E-state index in [1.807, 2.05) is 24.3 Å². The Morgan fingerprint density at radius 3 is 2.54 bits per heavy atom. The van der Waals surface area contributed by atoms with E-state index >= 15 is 0 Å². The van der Waals surface area contributed by atoms with Crippen molar-refractivity contribution in [3.05, 3.63) is 81.9 Å². The van der Waals surface area contributed by atoms with Crippen LogP contribution in [0.25, 0.3) is 10.8 Å². The van der Waals surface area contributed by atoms with Crippen molar-refractivity contribution in [2.24, 2.45) is 10.1 Å². The van der Waals surface area contributed by atoms with E-state index in [1.165, 1.54) is 12.1 Å². The van der Waals surface area contributed by atoms with Gasteiger partial charge in [-0.1, -0.05) is 30.3 Å². The number of aliphatic imine (C=N–C) groups is 1. The molecular weight excluding hydrogens is 304 g/mol. The molecular formula is C18H12N4O2. The van der Waals surface area contributed by atoms with E-state index in [0.29, 0.717) is 5.84 Å². The van der Waals surface area contributed by atoms with E-state index in [2.05, 4.69) is 27.7 Å². The molecule has 4 rings (SSSR count). The fourth-order valence-corrected chi connectivity index (χ4v) is 2.73. The Morgan fingerprint density at radius 1 is 1.04 bits per heavy atom. The summed E-state index contributed by atoms with van der Waals surface area (Å²) < 4.78 is 0. The van der Waals surface area contributed by atoms with Gasteiger partial charge in [-0.05, 0) is 29.1 Å². The highest BCUT2D eigenvalue weighted by Crippen LogP contribution is 2.34. The summed E-state index contributed by atoms with van der Waals surface area (Å²) in [7, 11) is 0. The van der Waals surface area contributed by atoms with Gasteiger partial charge in [-0.2, -0.15) is 5.10 Å². The first-order valence-electron chi connectivity index (χ1n) is 7.37. The van der Waals surface area contributed by atoms with Crippen molar-refractivity contribution in [3.8, 4) is 0 Å². The van der Waals surface area contributed by atoms with Crippen LogP contribution in [0, 0.1) is 10.1 Å². The highest BCUT2D eigenvalue weighted by Gasteiger charge is 2.17.